The highest BCUT2D eigenvalue weighted by atomic mass is 16.5. The average Bonchev–Trinajstić information content (AvgIpc) is 2.90. The molecule has 4 nitrogen and oxygen atoms in total. The molecule has 1 heterocycles. The van der Waals surface area contributed by atoms with Crippen molar-refractivity contribution in [2.75, 3.05) is 13.7 Å². The zero-order valence-electron chi connectivity index (χ0n) is 13.5. The summed E-state index contributed by atoms with van der Waals surface area (Å²) in [7, 11) is 1.79. The number of furan rings is 1. The largest absolute Gasteiger partial charge is 0.493 e. The second kappa shape index (κ2) is 7.69. The maximum Gasteiger partial charge on any atom is 0.222 e. The molecule has 1 amide bonds. The topological polar surface area (TPSA) is 42.7 Å². The minimum Gasteiger partial charge on any atom is -0.493 e. The third-order valence-corrected chi connectivity index (χ3v) is 3.50. The first-order valence-electron chi connectivity index (χ1n) is 7.54. The second-order valence-electron chi connectivity index (χ2n) is 5.48. The van der Waals surface area contributed by atoms with Gasteiger partial charge in [-0.3, -0.25) is 4.79 Å². The maximum absolute atomic E-state index is 12.1. The van der Waals surface area contributed by atoms with Gasteiger partial charge in [0.1, 0.15) is 17.3 Å². The molecular formula is C18H23NO3. The van der Waals surface area contributed by atoms with Gasteiger partial charge in [-0.25, -0.2) is 0 Å². The van der Waals surface area contributed by atoms with E-state index in [9.17, 15) is 4.79 Å². The Labute approximate surface area is 131 Å². The highest BCUT2D eigenvalue weighted by molar-refractivity contribution is 5.75. The Kier molecular flexibility index (Phi) is 5.64. The van der Waals surface area contributed by atoms with E-state index >= 15 is 0 Å². The highest BCUT2D eigenvalue weighted by Crippen LogP contribution is 2.16. The fourth-order valence-electron chi connectivity index (χ4n) is 2.21. The molecule has 22 heavy (non-hydrogen) atoms. The van der Waals surface area contributed by atoms with E-state index in [4.69, 9.17) is 9.15 Å². The van der Waals surface area contributed by atoms with Gasteiger partial charge in [-0.2, -0.15) is 0 Å². The Morgan fingerprint density at radius 2 is 1.95 bits per heavy atom. The van der Waals surface area contributed by atoms with Crippen LogP contribution in [0.4, 0.5) is 0 Å². The van der Waals surface area contributed by atoms with Crippen molar-refractivity contribution < 1.29 is 13.9 Å². The van der Waals surface area contributed by atoms with Crippen LogP contribution in [0.25, 0.3) is 0 Å². The number of hydrogen-bond donors (Lipinski definition) is 0. The first-order valence-corrected chi connectivity index (χ1v) is 7.54. The van der Waals surface area contributed by atoms with Gasteiger partial charge in [0.15, 0.2) is 0 Å². The predicted molar refractivity (Wildman–Crippen MR) is 85.8 cm³/mol. The lowest BCUT2D eigenvalue weighted by Gasteiger charge is -2.16. The lowest BCUT2D eigenvalue weighted by molar-refractivity contribution is -0.130. The van der Waals surface area contributed by atoms with Gasteiger partial charge in [-0.15, -0.1) is 0 Å². The molecule has 0 spiro atoms. The standard InChI is InChI=1S/C18H23NO3/c1-14-7-4-5-8-17(14)21-12-6-9-18(20)19(3)13-16-11-10-15(2)22-16/h4-5,7-8,10-11H,6,9,12-13H2,1-3H3. The summed E-state index contributed by atoms with van der Waals surface area (Å²) >= 11 is 0. The Hall–Kier alpha value is -2.23. The van der Waals surface area contributed by atoms with Crippen LogP contribution >= 0.6 is 0 Å². The van der Waals surface area contributed by atoms with Crippen molar-refractivity contribution in [2.24, 2.45) is 0 Å². The summed E-state index contributed by atoms with van der Waals surface area (Å²) in [5.74, 6) is 2.66. The molecule has 0 bridgehead atoms. The van der Waals surface area contributed by atoms with Crippen LogP contribution < -0.4 is 4.74 Å². The van der Waals surface area contributed by atoms with Gasteiger partial charge in [0.25, 0.3) is 0 Å². The summed E-state index contributed by atoms with van der Waals surface area (Å²) < 4.78 is 11.2. The first-order chi connectivity index (χ1) is 10.6. The van der Waals surface area contributed by atoms with Crippen LogP contribution in [-0.4, -0.2) is 24.5 Å². The van der Waals surface area contributed by atoms with E-state index in [1.54, 1.807) is 11.9 Å². The number of nitrogens with zero attached hydrogens (tertiary/aromatic N) is 1. The summed E-state index contributed by atoms with van der Waals surface area (Å²) in [6.45, 7) is 4.96. The normalized spacial score (nSPS) is 10.5. The number of benzene rings is 1. The molecule has 0 N–H and O–H groups in total. The molecule has 4 heteroatoms. The van der Waals surface area contributed by atoms with Gasteiger partial charge in [-0.1, -0.05) is 18.2 Å². The molecule has 0 atom stereocenters. The lowest BCUT2D eigenvalue weighted by atomic mass is 10.2. The number of para-hydroxylation sites is 1. The number of hydrogen-bond acceptors (Lipinski definition) is 3. The zero-order chi connectivity index (χ0) is 15.9. The SMILES string of the molecule is Cc1ccc(CN(C)C(=O)CCCOc2ccccc2C)o1. The average molecular weight is 301 g/mol. The number of amides is 1. The first kappa shape index (κ1) is 16.1. The molecule has 0 radical (unpaired) electrons. The van der Waals surface area contributed by atoms with Crippen LogP contribution in [0.2, 0.25) is 0 Å². The van der Waals surface area contributed by atoms with Crippen molar-refractivity contribution >= 4 is 5.91 Å². The Morgan fingerprint density at radius 3 is 2.64 bits per heavy atom. The van der Waals surface area contributed by atoms with Gasteiger partial charge < -0.3 is 14.1 Å². The van der Waals surface area contributed by atoms with E-state index in [0.29, 0.717) is 26.0 Å². The van der Waals surface area contributed by atoms with E-state index < -0.39 is 0 Å². The Balaban J connectivity index is 1.70. The number of rotatable bonds is 7. The molecule has 0 fully saturated rings. The van der Waals surface area contributed by atoms with E-state index in [2.05, 4.69) is 0 Å². The Morgan fingerprint density at radius 1 is 1.18 bits per heavy atom. The molecule has 2 aromatic rings. The van der Waals surface area contributed by atoms with Crippen molar-refractivity contribution in [3.05, 3.63) is 53.5 Å². The van der Waals surface area contributed by atoms with Crippen LogP contribution in [0.5, 0.6) is 5.75 Å². The monoisotopic (exact) mass is 301 g/mol. The van der Waals surface area contributed by atoms with Crippen LogP contribution in [0.15, 0.2) is 40.8 Å². The van der Waals surface area contributed by atoms with Crippen molar-refractivity contribution in [2.45, 2.75) is 33.2 Å². The van der Waals surface area contributed by atoms with Gasteiger partial charge >= 0.3 is 0 Å². The quantitative estimate of drug-likeness (QED) is 0.732. The number of carbonyl (C=O) groups excluding carboxylic acids is 1. The van der Waals surface area contributed by atoms with Crippen molar-refractivity contribution in [1.82, 2.24) is 4.90 Å². The smallest absolute Gasteiger partial charge is 0.222 e. The zero-order valence-corrected chi connectivity index (χ0v) is 13.5. The number of carbonyl (C=O) groups is 1. The molecule has 0 aliphatic rings. The van der Waals surface area contributed by atoms with Crippen molar-refractivity contribution in [3.63, 3.8) is 0 Å². The molecule has 0 aliphatic carbocycles. The summed E-state index contributed by atoms with van der Waals surface area (Å²) in [5.41, 5.74) is 1.11. The summed E-state index contributed by atoms with van der Waals surface area (Å²) in [5, 5.41) is 0. The van der Waals surface area contributed by atoms with E-state index in [-0.39, 0.29) is 5.91 Å². The fraction of sp³-hybridized carbons (Fsp3) is 0.389. The molecule has 0 aliphatic heterocycles. The maximum atomic E-state index is 12.1. The van der Waals surface area contributed by atoms with Gasteiger partial charge in [0.05, 0.1) is 13.2 Å². The molecule has 1 aromatic carbocycles. The van der Waals surface area contributed by atoms with E-state index in [1.807, 2.05) is 50.2 Å². The van der Waals surface area contributed by atoms with Crippen molar-refractivity contribution in [1.29, 1.82) is 0 Å². The van der Waals surface area contributed by atoms with Gasteiger partial charge in [0.2, 0.25) is 5.91 Å². The van der Waals surface area contributed by atoms with Crippen LogP contribution in [-0.2, 0) is 11.3 Å². The summed E-state index contributed by atoms with van der Waals surface area (Å²) in [4.78, 5) is 13.7. The minimum atomic E-state index is 0.0995. The van der Waals surface area contributed by atoms with Gasteiger partial charge in [-0.05, 0) is 44.0 Å². The molecule has 1 aromatic heterocycles. The summed E-state index contributed by atoms with van der Waals surface area (Å²) in [6, 6.07) is 11.7. The fourth-order valence-corrected chi connectivity index (χ4v) is 2.21. The molecule has 0 unspecified atom stereocenters. The molecule has 2 rings (SSSR count). The summed E-state index contributed by atoms with van der Waals surface area (Å²) in [6.07, 6.45) is 1.18. The third-order valence-electron chi connectivity index (χ3n) is 3.50. The molecule has 0 saturated heterocycles. The van der Waals surface area contributed by atoms with E-state index in [0.717, 1.165) is 22.8 Å². The van der Waals surface area contributed by atoms with Gasteiger partial charge in [0, 0.05) is 13.5 Å². The van der Waals surface area contributed by atoms with Crippen LogP contribution in [0.1, 0.15) is 29.9 Å². The lowest BCUT2D eigenvalue weighted by Crippen LogP contribution is -2.26. The number of aryl methyl sites for hydroxylation is 2. The third kappa shape index (κ3) is 4.65. The molecule has 0 saturated carbocycles. The van der Waals surface area contributed by atoms with E-state index in [1.165, 1.54) is 0 Å². The molecular weight excluding hydrogens is 278 g/mol. The van der Waals surface area contributed by atoms with Crippen LogP contribution in [0.3, 0.4) is 0 Å². The van der Waals surface area contributed by atoms with Crippen molar-refractivity contribution in [3.8, 4) is 5.75 Å². The van der Waals surface area contributed by atoms with Crippen LogP contribution in [0, 0.1) is 13.8 Å². The minimum absolute atomic E-state index is 0.0995. The highest BCUT2D eigenvalue weighted by Gasteiger charge is 2.11. The Bertz CT molecular complexity index is 618. The number of ether oxygens (including phenoxy) is 1. The molecule has 118 valence electrons. The predicted octanol–water partition coefficient (Wildman–Crippen LogP) is 3.71. The second-order valence-corrected chi connectivity index (χ2v) is 5.48.